The van der Waals surface area contributed by atoms with Gasteiger partial charge in [0.25, 0.3) is 0 Å². The maximum absolute atomic E-state index is 5.61. The van der Waals surface area contributed by atoms with Crippen LogP contribution in [0.25, 0.3) is 0 Å². The molecule has 6 heteroatoms. The van der Waals surface area contributed by atoms with Gasteiger partial charge in [0.1, 0.15) is 6.61 Å². The standard InChI is InChI=1S/C15H26N4O2/c1-15(2,3)19-14(16-4)18-11-12-7-6-8-17-13(12)21-10-9-20-5/h6-8H,9-11H2,1-5H3,(H2,16,18,19). The average molecular weight is 294 g/mol. The third-order valence-electron chi connectivity index (χ3n) is 2.54. The molecule has 0 saturated heterocycles. The maximum Gasteiger partial charge on any atom is 0.218 e. The van der Waals surface area contributed by atoms with Gasteiger partial charge in [-0.3, -0.25) is 4.99 Å². The number of hydrogen-bond donors (Lipinski definition) is 2. The Morgan fingerprint density at radius 2 is 2.10 bits per heavy atom. The molecule has 0 aliphatic carbocycles. The van der Waals surface area contributed by atoms with E-state index in [9.17, 15) is 0 Å². The smallest absolute Gasteiger partial charge is 0.218 e. The first-order valence-corrected chi connectivity index (χ1v) is 7.00. The highest BCUT2D eigenvalue weighted by Crippen LogP contribution is 2.13. The lowest BCUT2D eigenvalue weighted by atomic mass is 10.1. The van der Waals surface area contributed by atoms with Crippen LogP contribution >= 0.6 is 0 Å². The fraction of sp³-hybridized carbons (Fsp3) is 0.600. The highest BCUT2D eigenvalue weighted by molar-refractivity contribution is 5.80. The summed E-state index contributed by atoms with van der Waals surface area (Å²) >= 11 is 0. The first kappa shape index (κ1) is 17.2. The van der Waals surface area contributed by atoms with E-state index in [2.05, 4.69) is 41.4 Å². The Morgan fingerprint density at radius 1 is 1.33 bits per heavy atom. The van der Waals surface area contributed by atoms with Gasteiger partial charge >= 0.3 is 0 Å². The lowest BCUT2D eigenvalue weighted by molar-refractivity contribution is 0.143. The van der Waals surface area contributed by atoms with E-state index in [0.29, 0.717) is 25.6 Å². The van der Waals surface area contributed by atoms with Crippen LogP contribution in [-0.4, -0.2) is 43.9 Å². The van der Waals surface area contributed by atoms with E-state index in [1.54, 1.807) is 20.4 Å². The van der Waals surface area contributed by atoms with Crippen LogP contribution in [0.3, 0.4) is 0 Å². The van der Waals surface area contributed by atoms with Crippen LogP contribution in [0, 0.1) is 0 Å². The number of ether oxygens (including phenoxy) is 2. The van der Waals surface area contributed by atoms with Crippen molar-refractivity contribution in [2.24, 2.45) is 4.99 Å². The minimum absolute atomic E-state index is 0.0470. The van der Waals surface area contributed by atoms with Crippen molar-refractivity contribution < 1.29 is 9.47 Å². The fourth-order valence-corrected chi connectivity index (χ4v) is 1.62. The summed E-state index contributed by atoms with van der Waals surface area (Å²) in [4.78, 5) is 8.46. The quantitative estimate of drug-likeness (QED) is 0.473. The van der Waals surface area contributed by atoms with Crippen LogP contribution in [0.15, 0.2) is 23.3 Å². The van der Waals surface area contributed by atoms with Gasteiger partial charge < -0.3 is 20.1 Å². The Kier molecular flexibility index (Phi) is 6.94. The average Bonchev–Trinajstić information content (AvgIpc) is 2.43. The number of nitrogens with zero attached hydrogens (tertiary/aromatic N) is 2. The Bertz CT molecular complexity index is 455. The van der Waals surface area contributed by atoms with Crippen molar-refractivity contribution in [1.29, 1.82) is 0 Å². The second kappa shape index (κ2) is 8.46. The van der Waals surface area contributed by atoms with Gasteiger partial charge in [0.2, 0.25) is 5.88 Å². The van der Waals surface area contributed by atoms with E-state index in [-0.39, 0.29) is 5.54 Å². The van der Waals surface area contributed by atoms with Crippen molar-refractivity contribution in [2.75, 3.05) is 27.4 Å². The minimum Gasteiger partial charge on any atom is -0.475 e. The molecule has 0 aliphatic heterocycles. The molecule has 1 rings (SSSR count). The third kappa shape index (κ3) is 6.94. The number of hydrogen-bond acceptors (Lipinski definition) is 4. The molecular weight excluding hydrogens is 268 g/mol. The molecule has 0 saturated carbocycles. The van der Waals surface area contributed by atoms with E-state index >= 15 is 0 Å². The predicted octanol–water partition coefficient (Wildman–Crippen LogP) is 1.57. The fourth-order valence-electron chi connectivity index (χ4n) is 1.62. The summed E-state index contributed by atoms with van der Waals surface area (Å²) in [5, 5.41) is 6.57. The summed E-state index contributed by atoms with van der Waals surface area (Å²) in [6, 6.07) is 3.87. The number of pyridine rings is 1. The first-order valence-electron chi connectivity index (χ1n) is 7.00. The number of guanidine groups is 1. The summed E-state index contributed by atoms with van der Waals surface area (Å²) in [6.07, 6.45) is 1.72. The first-order chi connectivity index (χ1) is 9.96. The van der Waals surface area contributed by atoms with E-state index in [1.165, 1.54) is 0 Å². The molecule has 2 N–H and O–H groups in total. The molecule has 1 aromatic heterocycles. The van der Waals surface area contributed by atoms with E-state index in [1.807, 2.05) is 12.1 Å². The molecule has 0 spiro atoms. The van der Waals surface area contributed by atoms with Gasteiger partial charge in [-0.2, -0.15) is 0 Å². The van der Waals surface area contributed by atoms with Gasteiger partial charge in [-0.15, -0.1) is 0 Å². The zero-order valence-electron chi connectivity index (χ0n) is 13.6. The molecule has 0 atom stereocenters. The Hall–Kier alpha value is -1.82. The highest BCUT2D eigenvalue weighted by Gasteiger charge is 2.12. The summed E-state index contributed by atoms with van der Waals surface area (Å²) in [6.45, 7) is 7.87. The van der Waals surface area contributed by atoms with Crippen molar-refractivity contribution in [2.45, 2.75) is 32.9 Å². The zero-order valence-corrected chi connectivity index (χ0v) is 13.6. The van der Waals surface area contributed by atoms with Crippen molar-refractivity contribution in [3.63, 3.8) is 0 Å². The van der Waals surface area contributed by atoms with Crippen molar-refractivity contribution in [3.05, 3.63) is 23.9 Å². The Balaban J connectivity index is 2.61. The predicted molar refractivity (Wildman–Crippen MR) is 84.7 cm³/mol. The largest absolute Gasteiger partial charge is 0.475 e. The Labute approximate surface area is 127 Å². The lowest BCUT2D eigenvalue weighted by Crippen LogP contribution is -2.47. The van der Waals surface area contributed by atoms with Gasteiger partial charge in [-0.1, -0.05) is 6.07 Å². The number of aromatic nitrogens is 1. The summed E-state index contributed by atoms with van der Waals surface area (Å²) in [5.41, 5.74) is 0.930. The normalized spacial score (nSPS) is 12.1. The van der Waals surface area contributed by atoms with Gasteiger partial charge in [0.05, 0.1) is 6.61 Å². The molecular formula is C15H26N4O2. The van der Waals surface area contributed by atoms with Gasteiger partial charge in [0.15, 0.2) is 5.96 Å². The van der Waals surface area contributed by atoms with Gasteiger partial charge in [0, 0.05) is 38.0 Å². The Morgan fingerprint density at radius 3 is 2.71 bits per heavy atom. The monoisotopic (exact) mass is 294 g/mol. The van der Waals surface area contributed by atoms with Crippen LogP contribution in [0.4, 0.5) is 0 Å². The summed E-state index contributed by atoms with van der Waals surface area (Å²) < 4.78 is 10.6. The zero-order chi connectivity index (χ0) is 15.7. The lowest BCUT2D eigenvalue weighted by Gasteiger charge is -2.24. The molecule has 6 nitrogen and oxygen atoms in total. The van der Waals surface area contributed by atoms with Crippen LogP contribution in [0.5, 0.6) is 5.88 Å². The van der Waals surface area contributed by atoms with Gasteiger partial charge in [-0.25, -0.2) is 4.98 Å². The molecule has 1 aromatic rings. The van der Waals surface area contributed by atoms with Crippen LogP contribution < -0.4 is 15.4 Å². The summed E-state index contributed by atoms with van der Waals surface area (Å²) in [7, 11) is 3.40. The number of aliphatic imine (C=N–C) groups is 1. The van der Waals surface area contributed by atoms with E-state index < -0.39 is 0 Å². The molecule has 0 bridgehead atoms. The van der Waals surface area contributed by atoms with Crippen molar-refractivity contribution >= 4 is 5.96 Å². The molecule has 0 amide bonds. The van der Waals surface area contributed by atoms with Crippen molar-refractivity contribution in [1.82, 2.24) is 15.6 Å². The second-order valence-electron chi connectivity index (χ2n) is 5.61. The molecule has 0 fully saturated rings. The molecule has 21 heavy (non-hydrogen) atoms. The third-order valence-corrected chi connectivity index (χ3v) is 2.54. The molecule has 0 aliphatic rings. The highest BCUT2D eigenvalue weighted by atomic mass is 16.5. The molecule has 0 unspecified atom stereocenters. The van der Waals surface area contributed by atoms with E-state index in [4.69, 9.17) is 9.47 Å². The second-order valence-corrected chi connectivity index (χ2v) is 5.61. The summed E-state index contributed by atoms with van der Waals surface area (Å²) in [5.74, 6) is 1.36. The molecule has 0 radical (unpaired) electrons. The molecule has 1 heterocycles. The van der Waals surface area contributed by atoms with Crippen molar-refractivity contribution in [3.8, 4) is 5.88 Å². The topological polar surface area (TPSA) is 67.8 Å². The molecule has 0 aromatic carbocycles. The van der Waals surface area contributed by atoms with Gasteiger partial charge in [-0.05, 0) is 26.8 Å². The van der Waals surface area contributed by atoms with E-state index in [0.717, 1.165) is 11.5 Å². The van der Waals surface area contributed by atoms with Crippen LogP contribution in [0.2, 0.25) is 0 Å². The maximum atomic E-state index is 5.61. The number of methoxy groups -OCH3 is 1. The SMILES string of the molecule is CN=C(NCc1cccnc1OCCOC)NC(C)(C)C. The minimum atomic E-state index is -0.0470. The molecule has 118 valence electrons. The van der Waals surface area contributed by atoms with Crippen LogP contribution in [0.1, 0.15) is 26.3 Å². The number of rotatable bonds is 6. The van der Waals surface area contributed by atoms with Crippen LogP contribution in [-0.2, 0) is 11.3 Å². The number of nitrogens with one attached hydrogen (secondary N) is 2.